The van der Waals surface area contributed by atoms with Crippen LogP contribution in [0.4, 0.5) is 5.69 Å². The summed E-state index contributed by atoms with van der Waals surface area (Å²) < 4.78 is 32.8. The van der Waals surface area contributed by atoms with Crippen LogP contribution in [-0.4, -0.2) is 42.2 Å². The minimum absolute atomic E-state index is 0.0837. The fourth-order valence-electron chi connectivity index (χ4n) is 3.58. The molecule has 8 nitrogen and oxygen atoms in total. The molecule has 1 aliphatic heterocycles. The van der Waals surface area contributed by atoms with E-state index in [-0.39, 0.29) is 15.6 Å². The van der Waals surface area contributed by atoms with Crippen molar-refractivity contribution in [1.82, 2.24) is 9.29 Å². The van der Waals surface area contributed by atoms with Crippen LogP contribution in [0, 0.1) is 0 Å². The maximum atomic E-state index is 13.1. The number of hydrogen-bond donors (Lipinski definition) is 1. The van der Waals surface area contributed by atoms with Crippen molar-refractivity contribution >= 4 is 39.2 Å². The largest absolute Gasteiger partial charge is 0.449 e. The number of carbonyl (C=O) groups is 2. The molecule has 1 unspecified atom stereocenters. The van der Waals surface area contributed by atoms with Gasteiger partial charge in [-0.2, -0.15) is 4.31 Å². The number of nitrogens with one attached hydrogen (secondary N) is 1. The third-order valence-corrected chi connectivity index (χ3v) is 7.65. The molecular weight excluding hydrogens is 478 g/mol. The molecule has 176 valence electrons. The van der Waals surface area contributed by atoms with Crippen molar-refractivity contribution in [2.45, 2.75) is 30.9 Å². The van der Waals surface area contributed by atoms with Crippen molar-refractivity contribution < 1.29 is 22.7 Å². The van der Waals surface area contributed by atoms with Crippen molar-refractivity contribution in [2.24, 2.45) is 0 Å². The Morgan fingerprint density at radius 3 is 2.47 bits per heavy atom. The smallest absolute Gasteiger partial charge is 0.338 e. The lowest BCUT2D eigenvalue weighted by Crippen LogP contribution is -2.35. The summed E-state index contributed by atoms with van der Waals surface area (Å²) in [5, 5.41) is 2.66. The van der Waals surface area contributed by atoms with E-state index >= 15 is 0 Å². The van der Waals surface area contributed by atoms with Crippen LogP contribution >= 0.6 is 11.6 Å². The van der Waals surface area contributed by atoms with Gasteiger partial charge in [0.15, 0.2) is 11.3 Å². The second-order valence-corrected chi connectivity index (χ2v) is 10.1. The number of amides is 1. The van der Waals surface area contributed by atoms with Crippen LogP contribution in [0.2, 0.25) is 5.15 Å². The third-order valence-electron chi connectivity index (χ3n) is 5.49. The lowest BCUT2D eigenvalue weighted by Gasteiger charge is -2.28. The summed E-state index contributed by atoms with van der Waals surface area (Å²) >= 11 is 5.92. The minimum Gasteiger partial charge on any atom is -0.449 e. The van der Waals surface area contributed by atoms with E-state index in [0.717, 1.165) is 11.1 Å². The third kappa shape index (κ3) is 5.11. The van der Waals surface area contributed by atoms with E-state index in [2.05, 4.69) is 10.3 Å². The molecule has 0 bridgehead atoms. The molecule has 1 atom stereocenters. The van der Waals surface area contributed by atoms with Crippen molar-refractivity contribution in [3.63, 3.8) is 0 Å². The van der Waals surface area contributed by atoms with Gasteiger partial charge in [-0.15, -0.1) is 0 Å². The maximum absolute atomic E-state index is 13.1. The van der Waals surface area contributed by atoms with Gasteiger partial charge in [-0.1, -0.05) is 35.9 Å². The van der Waals surface area contributed by atoms with Crippen LogP contribution in [0.15, 0.2) is 71.8 Å². The van der Waals surface area contributed by atoms with Crippen LogP contribution in [0.5, 0.6) is 0 Å². The molecular formula is C24H22ClN3O5S. The average Bonchev–Trinajstić information content (AvgIpc) is 2.85. The minimum atomic E-state index is -3.72. The predicted molar refractivity (Wildman–Crippen MR) is 127 cm³/mol. The van der Waals surface area contributed by atoms with E-state index in [0.29, 0.717) is 25.2 Å². The summed E-state index contributed by atoms with van der Waals surface area (Å²) in [5.74, 6) is -1.33. The number of benzene rings is 2. The van der Waals surface area contributed by atoms with E-state index < -0.39 is 28.0 Å². The van der Waals surface area contributed by atoms with E-state index in [4.69, 9.17) is 16.3 Å². The van der Waals surface area contributed by atoms with Gasteiger partial charge < -0.3 is 10.1 Å². The lowest BCUT2D eigenvalue weighted by molar-refractivity contribution is -0.123. The van der Waals surface area contributed by atoms with Gasteiger partial charge in [-0.05, 0) is 60.9 Å². The van der Waals surface area contributed by atoms with Crippen molar-refractivity contribution in [3.05, 3.63) is 88.7 Å². The SMILES string of the molecule is CC(OC(=O)c1ccc(S(=O)(=O)N2CCc3ccccc3C2)cc1)C(=O)Nc1cccnc1Cl. The van der Waals surface area contributed by atoms with Gasteiger partial charge in [0.25, 0.3) is 5.91 Å². The number of nitrogens with zero attached hydrogens (tertiary/aromatic N) is 2. The highest BCUT2D eigenvalue weighted by molar-refractivity contribution is 7.89. The highest BCUT2D eigenvalue weighted by Crippen LogP contribution is 2.25. The Balaban J connectivity index is 1.40. The zero-order chi connectivity index (χ0) is 24.3. The van der Waals surface area contributed by atoms with Crippen LogP contribution in [0.1, 0.15) is 28.4 Å². The lowest BCUT2D eigenvalue weighted by atomic mass is 10.0. The molecule has 0 aliphatic carbocycles. The topological polar surface area (TPSA) is 106 Å². The molecule has 34 heavy (non-hydrogen) atoms. The Labute approximate surface area is 202 Å². The van der Waals surface area contributed by atoms with E-state index in [1.54, 1.807) is 12.1 Å². The van der Waals surface area contributed by atoms with Crippen LogP contribution in [0.25, 0.3) is 0 Å². The molecule has 1 aliphatic rings. The van der Waals surface area contributed by atoms with Gasteiger partial charge >= 0.3 is 5.97 Å². The first kappa shape index (κ1) is 23.9. The summed E-state index contributed by atoms with van der Waals surface area (Å²) in [7, 11) is -3.72. The van der Waals surface area contributed by atoms with Crippen LogP contribution < -0.4 is 5.32 Å². The second-order valence-electron chi connectivity index (χ2n) is 7.76. The number of carbonyl (C=O) groups excluding carboxylic acids is 2. The van der Waals surface area contributed by atoms with E-state index in [1.807, 2.05) is 24.3 Å². The average molecular weight is 500 g/mol. The predicted octanol–water partition coefficient (Wildman–Crippen LogP) is 3.67. The molecule has 0 saturated heterocycles. The number of sulfonamides is 1. The number of fused-ring (bicyclic) bond motifs is 1. The number of rotatable bonds is 6. The monoisotopic (exact) mass is 499 g/mol. The van der Waals surface area contributed by atoms with Crippen molar-refractivity contribution in [1.29, 1.82) is 0 Å². The Morgan fingerprint density at radius 1 is 1.06 bits per heavy atom. The van der Waals surface area contributed by atoms with Gasteiger partial charge in [-0.3, -0.25) is 4.79 Å². The van der Waals surface area contributed by atoms with Gasteiger partial charge in [0.2, 0.25) is 10.0 Å². The number of ether oxygens (including phenoxy) is 1. The highest BCUT2D eigenvalue weighted by atomic mass is 35.5. The van der Waals surface area contributed by atoms with Crippen LogP contribution in [0.3, 0.4) is 0 Å². The zero-order valence-corrected chi connectivity index (χ0v) is 19.8. The van der Waals surface area contributed by atoms with Gasteiger partial charge in [-0.25, -0.2) is 18.2 Å². The second kappa shape index (κ2) is 9.92. The molecule has 10 heteroatoms. The number of pyridine rings is 1. The zero-order valence-electron chi connectivity index (χ0n) is 18.3. The summed E-state index contributed by atoms with van der Waals surface area (Å²) in [5.41, 5.74) is 2.56. The molecule has 1 N–H and O–H groups in total. The number of halogens is 1. The Morgan fingerprint density at radius 2 is 1.76 bits per heavy atom. The molecule has 2 aromatic carbocycles. The summed E-state index contributed by atoms with van der Waals surface area (Å²) in [6, 6.07) is 16.4. The summed E-state index contributed by atoms with van der Waals surface area (Å²) in [4.78, 5) is 28.7. The normalized spacial score (nSPS) is 14.6. The number of aromatic nitrogens is 1. The summed E-state index contributed by atoms with van der Waals surface area (Å²) in [6.07, 6.45) is 1.01. The number of anilines is 1. The Bertz CT molecular complexity index is 1330. The standard InChI is InChI=1S/C24H22ClN3O5S/c1-16(23(29)27-21-7-4-13-26-22(21)25)33-24(30)18-8-10-20(11-9-18)34(31,32)28-14-12-17-5-2-3-6-19(17)15-28/h2-11,13,16H,12,14-15H2,1H3,(H,27,29). The molecule has 0 radical (unpaired) electrons. The molecule has 0 spiro atoms. The van der Waals surface area contributed by atoms with E-state index in [9.17, 15) is 18.0 Å². The maximum Gasteiger partial charge on any atom is 0.338 e. The molecule has 0 saturated carbocycles. The fraction of sp³-hybridized carbons (Fsp3) is 0.208. The van der Waals surface area contributed by atoms with Crippen molar-refractivity contribution in [3.8, 4) is 0 Å². The molecule has 3 aromatic rings. The van der Waals surface area contributed by atoms with Crippen molar-refractivity contribution in [2.75, 3.05) is 11.9 Å². The highest BCUT2D eigenvalue weighted by Gasteiger charge is 2.28. The first-order chi connectivity index (χ1) is 16.3. The number of hydrogen-bond acceptors (Lipinski definition) is 6. The van der Waals surface area contributed by atoms with Gasteiger partial charge in [0, 0.05) is 19.3 Å². The first-order valence-corrected chi connectivity index (χ1v) is 12.4. The van der Waals surface area contributed by atoms with Crippen LogP contribution in [-0.2, 0) is 32.5 Å². The fourth-order valence-corrected chi connectivity index (χ4v) is 5.17. The number of esters is 1. The molecule has 4 rings (SSSR count). The Kier molecular flexibility index (Phi) is 6.97. The van der Waals surface area contributed by atoms with Gasteiger partial charge in [0.05, 0.1) is 16.1 Å². The molecule has 2 heterocycles. The van der Waals surface area contributed by atoms with E-state index in [1.165, 1.54) is 41.7 Å². The molecule has 1 amide bonds. The molecule has 0 fully saturated rings. The quantitative estimate of drug-likeness (QED) is 0.410. The Hall–Kier alpha value is -3.27. The summed E-state index contributed by atoms with van der Waals surface area (Å²) in [6.45, 7) is 2.11. The van der Waals surface area contributed by atoms with Gasteiger partial charge in [0.1, 0.15) is 0 Å². The molecule has 1 aromatic heterocycles. The first-order valence-electron chi connectivity index (χ1n) is 10.5.